The zero-order chi connectivity index (χ0) is 16.2. The average Bonchev–Trinajstić information content (AvgIpc) is 2.52. The van der Waals surface area contributed by atoms with Gasteiger partial charge in [-0.25, -0.2) is 9.97 Å². The lowest BCUT2D eigenvalue weighted by Crippen LogP contribution is -2.01. The third kappa shape index (κ3) is 6.89. The van der Waals surface area contributed by atoms with Gasteiger partial charge in [-0.05, 0) is 18.4 Å². The van der Waals surface area contributed by atoms with Crippen LogP contribution in [-0.2, 0) is 0 Å². The molecule has 0 aliphatic carbocycles. The lowest BCUT2D eigenvalue weighted by atomic mass is 10.1. The fourth-order valence-corrected chi connectivity index (χ4v) is 3.77. The van der Waals surface area contributed by atoms with Gasteiger partial charge in [-0.3, -0.25) is 0 Å². The molecule has 122 valence electrons. The van der Waals surface area contributed by atoms with Gasteiger partial charge in [0.05, 0.1) is 0 Å². The van der Waals surface area contributed by atoms with Crippen molar-refractivity contribution in [2.24, 2.45) is 0 Å². The van der Waals surface area contributed by atoms with Crippen molar-refractivity contribution in [3.63, 3.8) is 0 Å². The van der Waals surface area contributed by atoms with Crippen molar-refractivity contribution in [3.8, 4) is 6.07 Å². The predicted molar refractivity (Wildman–Crippen MR) is 96.3 cm³/mol. The second kappa shape index (κ2) is 11.6. The van der Waals surface area contributed by atoms with Gasteiger partial charge in [-0.2, -0.15) is 5.26 Å². The van der Waals surface area contributed by atoms with Crippen molar-refractivity contribution in [1.29, 1.82) is 5.26 Å². The van der Waals surface area contributed by atoms with Gasteiger partial charge in [0.15, 0.2) is 0 Å². The topological polar surface area (TPSA) is 75.6 Å². The molecule has 1 aromatic heterocycles. The number of hydrogen-bond acceptors (Lipinski definition) is 6. The molecule has 0 radical (unpaired) electrons. The van der Waals surface area contributed by atoms with Crippen molar-refractivity contribution >= 4 is 29.5 Å². The number of nitrogens with two attached hydrogens (primary N) is 1. The molecule has 0 fully saturated rings. The quantitative estimate of drug-likeness (QED) is 0.352. The minimum Gasteiger partial charge on any atom is -0.368 e. The Labute approximate surface area is 142 Å². The first-order valence-electron chi connectivity index (χ1n) is 7.97. The highest BCUT2D eigenvalue weighted by atomic mass is 32.2. The molecule has 0 atom stereocenters. The molecule has 0 aliphatic rings. The lowest BCUT2D eigenvalue weighted by molar-refractivity contribution is 0.586. The SMILES string of the molecule is CCCCCCCCCCSc1nc(N)nc(SC)c1C#N. The van der Waals surface area contributed by atoms with Crippen LogP contribution >= 0.6 is 23.5 Å². The summed E-state index contributed by atoms with van der Waals surface area (Å²) in [7, 11) is 0. The van der Waals surface area contributed by atoms with E-state index in [9.17, 15) is 5.26 Å². The summed E-state index contributed by atoms with van der Waals surface area (Å²) in [6.45, 7) is 2.25. The van der Waals surface area contributed by atoms with Gasteiger partial charge in [0.1, 0.15) is 21.7 Å². The molecule has 0 aliphatic heterocycles. The van der Waals surface area contributed by atoms with Crippen LogP contribution in [0.3, 0.4) is 0 Å². The van der Waals surface area contributed by atoms with Gasteiger partial charge in [0, 0.05) is 0 Å². The highest BCUT2D eigenvalue weighted by Gasteiger charge is 2.12. The minimum absolute atomic E-state index is 0.252. The number of aromatic nitrogens is 2. The Morgan fingerprint density at radius 3 is 2.18 bits per heavy atom. The standard InChI is InChI=1S/C16H26N4S2/c1-3-4-5-6-7-8-9-10-11-22-15-13(12-17)14(21-2)19-16(18)20-15/h3-11H2,1-2H3,(H2,18,19,20). The number of rotatable bonds is 11. The van der Waals surface area contributed by atoms with E-state index in [0.29, 0.717) is 10.6 Å². The van der Waals surface area contributed by atoms with E-state index >= 15 is 0 Å². The number of nitrogens with zero attached hydrogens (tertiary/aromatic N) is 3. The summed E-state index contributed by atoms with van der Waals surface area (Å²) in [5.41, 5.74) is 6.27. The maximum atomic E-state index is 9.27. The van der Waals surface area contributed by atoms with E-state index in [-0.39, 0.29) is 5.95 Å². The fraction of sp³-hybridized carbons (Fsp3) is 0.688. The van der Waals surface area contributed by atoms with Crippen molar-refractivity contribution < 1.29 is 0 Å². The van der Waals surface area contributed by atoms with Crippen molar-refractivity contribution in [3.05, 3.63) is 5.56 Å². The van der Waals surface area contributed by atoms with Crippen LogP contribution in [-0.4, -0.2) is 22.0 Å². The first kappa shape index (κ1) is 19.1. The summed E-state index contributed by atoms with van der Waals surface area (Å²) in [5.74, 6) is 1.23. The maximum Gasteiger partial charge on any atom is 0.222 e. The van der Waals surface area contributed by atoms with Crippen LogP contribution in [0.5, 0.6) is 0 Å². The molecule has 0 saturated heterocycles. The molecule has 6 heteroatoms. The van der Waals surface area contributed by atoms with Gasteiger partial charge in [0.2, 0.25) is 5.95 Å². The van der Waals surface area contributed by atoms with E-state index in [1.165, 1.54) is 56.7 Å². The molecular formula is C16H26N4S2. The average molecular weight is 339 g/mol. The van der Waals surface area contributed by atoms with Crippen molar-refractivity contribution in [2.45, 2.75) is 68.3 Å². The Balaban J connectivity index is 2.30. The molecule has 0 aromatic carbocycles. The van der Waals surface area contributed by atoms with Gasteiger partial charge in [-0.1, -0.05) is 51.9 Å². The Bertz CT molecular complexity index is 486. The molecule has 4 nitrogen and oxygen atoms in total. The Kier molecular flexibility index (Phi) is 10.1. The van der Waals surface area contributed by atoms with Gasteiger partial charge >= 0.3 is 0 Å². The van der Waals surface area contributed by atoms with E-state index in [2.05, 4.69) is 23.0 Å². The van der Waals surface area contributed by atoms with E-state index in [0.717, 1.165) is 17.2 Å². The van der Waals surface area contributed by atoms with Gasteiger partial charge in [0.25, 0.3) is 0 Å². The van der Waals surface area contributed by atoms with E-state index in [1.54, 1.807) is 11.8 Å². The van der Waals surface area contributed by atoms with Crippen LogP contribution in [0.4, 0.5) is 5.95 Å². The van der Waals surface area contributed by atoms with Crippen LogP contribution in [0.25, 0.3) is 0 Å². The Morgan fingerprint density at radius 2 is 1.59 bits per heavy atom. The summed E-state index contributed by atoms with van der Waals surface area (Å²) in [4.78, 5) is 8.32. The van der Waals surface area contributed by atoms with Crippen molar-refractivity contribution in [1.82, 2.24) is 9.97 Å². The highest BCUT2D eigenvalue weighted by molar-refractivity contribution is 7.99. The normalized spacial score (nSPS) is 10.6. The largest absolute Gasteiger partial charge is 0.368 e. The zero-order valence-corrected chi connectivity index (χ0v) is 15.2. The van der Waals surface area contributed by atoms with E-state index < -0.39 is 0 Å². The molecule has 1 heterocycles. The maximum absolute atomic E-state index is 9.27. The molecule has 0 unspecified atom stereocenters. The summed E-state index contributed by atoms with van der Waals surface area (Å²) in [5, 5.41) is 10.7. The number of thioether (sulfide) groups is 2. The fourth-order valence-electron chi connectivity index (χ4n) is 2.19. The smallest absolute Gasteiger partial charge is 0.222 e. The highest BCUT2D eigenvalue weighted by Crippen LogP contribution is 2.28. The number of anilines is 1. The Hall–Kier alpha value is -0.930. The second-order valence-corrected chi connectivity index (χ2v) is 7.08. The van der Waals surface area contributed by atoms with E-state index in [1.807, 2.05) is 6.26 Å². The molecule has 1 rings (SSSR count). The molecule has 22 heavy (non-hydrogen) atoms. The number of hydrogen-bond donors (Lipinski definition) is 1. The number of nitrogen functional groups attached to an aromatic ring is 1. The first-order valence-corrected chi connectivity index (χ1v) is 10.2. The second-order valence-electron chi connectivity index (χ2n) is 5.21. The summed E-state index contributed by atoms with van der Waals surface area (Å²) in [6.07, 6.45) is 12.3. The first-order chi connectivity index (χ1) is 10.7. The minimum atomic E-state index is 0.252. The van der Waals surface area contributed by atoms with Crippen LogP contribution < -0.4 is 5.73 Å². The summed E-state index contributed by atoms with van der Waals surface area (Å²) < 4.78 is 0. The molecule has 1 aromatic rings. The van der Waals surface area contributed by atoms with Crippen molar-refractivity contribution in [2.75, 3.05) is 17.7 Å². The summed E-state index contributed by atoms with van der Waals surface area (Å²) >= 11 is 3.06. The number of unbranched alkanes of at least 4 members (excludes halogenated alkanes) is 7. The zero-order valence-electron chi connectivity index (χ0n) is 13.6. The number of nitriles is 1. The molecule has 0 spiro atoms. The van der Waals surface area contributed by atoms with E-state index in [4.69, 9.17) is 5.73 Å². The molecule has 0 amide bonds. The molecule has 0 bridgehead atoms. The lowest BCUT2D eigenvalue weighted by Gasteiger charge is -2.07. The van der Waals surface area contributed by atoms with Crippen LogP contribution in [0.1, 0.15) is 63.9 Å². The third-order valence-corrected chi connectivity index (χ3v) is 5.15. The van der Waals surface area contributed by atoms with Crippen LogP contribution in [0.15, 0.2) is 10.1 Å². The predicted octanol–water partition coefficient (Wildman–Crippen LogP) is 4.89. The Morgan fingerprint density at radius 1 is 1.00 bits per heavy atom. The van der Waals surface area contributed by atoms with Crippen LogP contribution in [0.2, 0.25) is 0 Å². The molecule has 2 N–H and O–H groups in total. The van der Waals surface area contributed by atoms with Gasteiger partial charge < -0.3 is 5.73 Å². The van der Waals surface area contributed by atoms with Crippen LogP contribution in [0, 0.1) is 11.3 Å². The monoisotopic (exact) mass is 338 g/mol. The third-order valence-electron chi connectivity index (χ3n) is 3.40. The molecular weight excluding hydrogens is 312 g/mol. The molecule has 0 saturated carbocycles. The van der Waals surface area contributed by atoms with Gasteiger partial charge in [-0.15, -0.1) is 23.5 Å². The summed E-state index contributed by atoms with van der Waals surface area (Å²) in [6, 6.07) is 2.20.